The second-order valence-electron chi connectivity index (χ2n) is 7.12. The molecule has 1 saturated carbocycles. The average molecular weight is 371 g/mol. The van der Waals surface area contributed by atoms with Crippen LogP contribution < -0.4 is 0 Å². The van der Waals surface area contributed by atoms with Gasteiger partial charge < -0.3 is 14.7 Å². The lowest BCUT2D eigenvalue weighted by Crippen LogP contribution is -2.30. The molecule has 1 heterocycles. The van der Waals surface area contributed by atoms with Gasteiger partial charge in [-0.25, -0.2) is 4.98 Å². The van der Waals surface area contributed by atoms with E-state index in [2.05, 4.69) is 4.98 Å². The summed E-state index contributed by atoms with van der Waals surface area (Å²) in [5.41, 5.74) is 1.15. The van der Waals surface area contributed by atoms with Crippen molar-refractivity contribution in [3.05, 3.63) is 42.0 Å². The molecule has 1 fully saturated rings. The summed E-state index contributed by atoms with van der Waals surface area (Å²) in [6, 6.07) is 5.00. The van der Waals surface area contributed by atoms with Crippen molar-refractivity contribution in [2.24, 2.45) is 0 Å². The highest BCUT2D eigenvalue weighted by molar-refractivity contribution is 5.95. The van der Waals surface area contributed by atoms with E-state index in [0.29, 0.717) is 36.9 Å². The third-order valence-corrected chi connectivity index (χ3v) is 5.24. The highest BCUT2D eigenvalue weighted by Gasteiger charge is 2.22. The van der Waals surface area contributed by atoms with Gasteiger partial charge in [-0.15, -0.1) is 0 Å². The van der Waals surface area contributed by atoms with E-state index in [0.717, 1.165) is 18.7 Å². The first-order valence-electron chi connectivity index (χ1n) is 9.81. The van der Waals surface area contributed by atoms with Gasteiger partial charge in [-0.3, -0.25) is 9.36 Å². The summed E-state index contributed by atoms with van der Waals surface area (Å²) in [6.45, 7) is 3.61. The number of hydrogen-bond acceptors (Lipinski definition) is 4. The maximum atomic E-state index is 12.7. The number of carbonyl (C=O) groups excluding carboxylic acids is 1. The minimum absolute atomic E-state index is 0.0877. The summed E-state index contributed by atoms with van der Waals surface area (Å²) in [7, 11) is 1.76. The summed E-state index contributed by atoms with van der Waals surface area (Å²) in [4.78, 5) is 18.9. The minimum atomic E-state index is -0.0877. The molecular weight excluding hydrogens is 342 g/mol. The Hall–Kier alpha value is -2.34. The first kappa shape index (κ1) is 19.4. The Morgan fingerprint density at radius 1 is 1.33 bits per heavy atom. The number of imidazole rings is 1. The molecule has 1 aliphatic carbocycles. The Morgan fingerprint density at radius 2 is 2.11 bits per heavy atom. The van der Waals surface area contributed by atoms with Gasteiger partial charge in [-0.2, -0.15) is 0 Å². The number of nitrogens with zero attached hydrogens (tertiary/aromatic N) is 3. The van der Waals surface area contributed by atoms with Crippen molar-refractivity contribution in [3.63, 3.8) is 0 Å². The van der Waals surface area contributed by atoms with Gasteiger partial charge in [0.2, 0.25) is 0 Å². The van der Waals surface area contributed by atoms with Crippen molar-refractivity contribution in [3.8, 4) is 11.4 Å². The number of hydrogen-bond donors (Lipinski definition) is 1. The van der Waals surface area contributed by atoms with Crippen LogP contribution in [0.4, 0.5) is 0 Å². The molecule has 3 rings (SSSR count). The van der Waals surface area contributed by atoms with Gasteiger partial charge in [0.1, 0.15) is 11.6 Å². The molecule has 0 bridgehead atoms. The number of likely N-dealkylation sites (N-methyl/N-ethyl adjacent to an activating group) is 1. The average Bonchev–Trinajstić information content (AvgIpc) is 3.18. The lowest BCUT2D eigenvalue weighted by molar-refractivity contribution is 0.0710. The molecule has 1 aromatic carbocycles. The monoisotopic (exact) mass is 371 g/mol. The Bertz CT molecular complexity index is 766. The maximum Gasteiger partial charge on any atom is 0.253 e. The minimum Gasteiger partial charge on any atom is -0.506 e. The number of phenolic OH excluding ortho intramolecular Hbond substituents is 1. The fourth-order valence-corrected chi connectivity index (χ4v) is 3.70. The van der Waals surface area contributed by atoms with Gasteiger partial charge in [0.05, 0.1) is 12.3 Å². The van der Waals surface area contributed by atoms with Gasteiger partial charge in [0.25, 0.3) is 5.91 Å². The first-order valence-corrected chi connectivity index (χ1v) is 9.81. The smallest absolute Gasteiger partial charge is 0.253 e. The van der Waals surface area contributed by atoms with E-state index in [-0.39, 0.29) is 11.7 Å². The molecule has 0 aliphatic heterocycles. The van der Waals surface area contributed by atoms with Crippen molar-refractivity contribution >= 4 is 5.91 Å². The number of benzene rings is 1. The molecule has 1 aliphatic rings. The van der Waals surface area contributed by atoms with E-state index in [9.17, 15) is 9.90 Å². The van der Waals surface area contributed by atoms with E-state index in [1.165, 1.54) is 19.3 Å². The molecule has 146 valence electrons. The molecule has 0 atom stereocenters. The Labute approximate surface area is 160 Å². The zero-order chi connectivity index (χ0) is 19.2. The third-order valence-electron chi connectivity index (χ3n) is 5.24. The number of phenols is 1. The quantitative estimate of drug-likeness (QED) is 0.753. The molecule has 0 radical (unpaired) electrons. The summed E-state index contributed by atoms with van der Waals surface area (Å²) < 4.78 is 7.26. The largest absolute Gasteiger partial charge is 0.506 e. The zero-order valence-electron chi connectivity index (χ0n) is 16.2. The number of rotatable bonds is 7. The van der Waals surface area contributed by atoms with Crippen LogP contribution >= 0.6 is 0 Å². The van der Waals surface area contributed by atoms with Gasteiger partial charge in [0, 0.05) is 44.1 Å². The molecule has 1 amide bonds. The Kier molecular flexibility index (Phi) is 6.50. The predicted molar refractivity (Wildman–Crippen MR) is 105 cm³/mol. The fraction of sp³-hybridized carbons (Fsp3) is 0.524. The number of aromatic hydroxyl groups is 1. The van der Waals surface area contributed by atoms with Crippen molar-refractivity contribution in [2.75, 3.05) is 26.8 Å². The molecule has 2 aromatic rings. The lowest BCUT2D eigenvalue weighted by Gasteiger charge is -2.23. The lowest BCUT2D eigenvalue weighted by atomic mass is 9.88. The van der Waals surface area contributed by atoms with E-state index in [1.54, 1.807) is 36.3 Å². The van der Waals surface area contributed by atoms with Crippen molar-refractivity contribution in [1.82, 2.24) is 14.5 Å². The van der Waals surface area contributed by atoms with Crippen LogP contribution in [0, 0.1) is 0 Å². The Balaban J connectivity index is 1.84. The van der Waals surface area contributed by atoms with Crippen LogP contribution in [0.1, 0.15) is 61.1 Å². The topological polar surface area (TPSA) is 67.6 Å². The van der Waals surface area contributed by atoms with Gasteiger partial charge in [-0.1, -0.05) is 19.3 Å². The van der Waals surface area contributed by atoms with Gasteiger partial charge in [-0.05, 0) is 38.0 Å². The van der Waals surface area contributed by atoms with E-state index >= 15 is 0 Å². The van der Waals surface area contributed by atoms with Crippen LogP contribution in [-0.2, 0) is 4.74 Å². The maximum absolute atomic E-state index is 12.7. The molecule has 0 unspecified atom stereocenters. The third kappa shape index (κ3) is 4.50. The second kappa shape index (κ2) is 9.04. The predicted octanol–water partition coefficient (Wildman–Crippen LogP) is 3.73. The summed E-state index contributed by atoms with van der Waals surface area (Å²) in [5.74, 6) is 1.44. The summed E-state index contributed by atoms with van der Waals surface area (Å²) in [5, 5.41) is 10.4. The first-order chi connectivity index (χ1) is 13.1. The fourth-order valence-electron chi connectivity index (χ4n) is 3.70. The summed E-state index contributed by atoms with van der Waals surface area (Å²) in [6.07, 6.45) is 9.59. The van der Waals surface area contributed by atoms with Crippen LogP contribution in [0.15, 0.2) is 30.6 Å². The summed E-state index contributed by atoms with van der Waals surface area (Å²) >= 11 is 0. The van der Waals surface area contributed by atoms with Gasteiger partial charge in [0.15, 0.2) is 0 Å². The Morgan fingerprint density at radius 3 is 2.85 bits per heavy atom. The van der Waals surface area contributed by atoms with Crippen molar-refractivity contribution in [1.29, 1.82) is 0 Å². The second-order valence-corrected chi connectivity index (χ2v) is 7.12. The molecule has 1 N–H and O–H groups in total. The van der Waals surface area contributed by atoms with E-state index in [1.807, 2.05) is 17.7 Å². The van der Waals surface area contributed by atoms with Crippen LogP contribution in [0.3, 0.4) is 0 Å². The van der Waals surface area contributed by atoms with Crippen molar-refractivity contribution in [2.45, 2.75) is 44.9 Å². The van der Waals surface area contributed by atoms with Crippen LogP contribution in [0.2, 0.25) is 0 Å². The van der Waals surface area contributed by atoms with Crippen LogP contribution in [0.5, 0.6) is 5.75 Å². The SMILES string of the molecule is CCOCCN(C)C(=O)c1ccc(O)c(-n2ccnc2C2CCCCC2)c1. The molecule has 1 aromatic heterocycles. The molecule has 6 nitrogen and oxygen atoms in total. The molecule has 0 saturated heterocycles. The highest BCUT2D eigenvalue weighted by atomic mass is 16.5. The van der Waals surface area contributed by atoms with Crippen molar-refractivity contribution < 1.29 is 14.6 Å². The molecule has 0 spiro atoms. The van der Waals surface area contributed by atoms with Crippen LogP contribution in [0.25, 0.3) is 5.69 Å². The number of carbonyl (C=O) groups is 1. The number of amides is 1. The number of ether oxygens (including phenoxy) is 1. The van der Waals surface area contributed by atoms with Crippen LogP contribution in [-0.4, -0.2) is 52.3 Å². The molecule has 6 heteroatoms. The molecule has 27 heavy (non-hydrogen) atoms. The van der Waals surface area contributed by atoms with E-state index < -0.39 is 0 Å². The standard InChI is InChI=1S/C21H29N3O3/c1-3-27-14-13-23(2)21(26)17-9-10-19(25)18(15-17)24-12-11-22-20(24)16-7-5-4-6-8-16/h9-12,15-16,25H,3-8,13-14H2,1-2H3. The highest BCUT2D eigenvalue weighted by Crippen LogP contribution is 2.34. The van der Waals surface area contributed by atoms with E-state index in [4.69, 9.17) is 4.74 Å². The van der Waals surface area contributed by atoms with Gasteiger partial charge >= 0.3 is 0 Å². The zero-order valence-corrected chi connectivity index (χ0v) is 16.2. The normalized spacial score (nSPS) is 15.0. The number of aromatic nitrogens is 2. The molecular formula is C21H29N3O3.